The summed E-state index contributed by atoms with van der Waals surface area (Å²) in [5.41, 5.74) is 1.87. The summed E-state index contributed by atoms with van der Waals surface area (Å²) in [5, 5.41) is 0.355. The zero-order valence-corrected chi connectivity index (χ0v) is 17.9. The zero-order valence-electron chi connectivity index (χ0n) is 16.3. The molecule has 1 aromatic heterocycles. The Morgan fingerprint density at radius 2 is 1.65 bits per heavy atom. The van der Waals surface area contributed by atoms with Gasteiger partial charge in [-0.25, -0.2) is 9.78 Å². The molecule has 6 nitrogen and oxygen atoms in total. The van der Waals surface area contributed by atoms with E-state index in [9.17, 15) is 14.4 Å². The van der Waals surface area contributed by atoms with Crippen LogP contribution >= 0.6 is 15.9 Å². The highest BCUT2D eigenvalue weighted by atomic mass is 79.9. The highest BCUT2D eigenvalue weighted by Crippen LogP contribution is 2.33. The molecule has 3 aromatic carbocycles. The number of rotatable bonds is 3. The Hall–Kier alpha value is -3.58. The molecular formula is C24H15BrN2O4. The number of fused-ring (bicyclic) bond motifs is 2. The minimum atomic E-state index is -0.525. The lowest BCUT2D eigenvalue weighted by atomic mass is 10.1. The van der Waals surface area contributed by atoms with Crippen molar-refractivity contribution in [2.45, 2.75) is 13.0 Å². The number of nitrogens with zero attached hydrogens (tertiary/aromatic N) is 2. The van der Waals surface area contributed by atoms with Gasteiger partial charge < -0.3 is 4.42 Å². The third-order valence-corrected chi connectivity index (χ3v) is 5.92. The van der Waals surface area contributed by atoms with E-state index in [1.54, 1.807) is 36.4 Å². The highest BCUT2D eigenvalue weighted by molar-refractivity contribution is 9.10. The average molecular weight is 475 g/mol. The molecule has 0 saturated carbocycles. The number of carbonyl (C=O) groups is 2. The number of benzene rings is 3. The largest absolute Gasteiger partial charge is 0.403 e. The van der Waals surface area contributed by atoms with E-state index in [1.165, 1.54) is 4.90 Å². The molecule has 0 aliphatic carbocycles. The van der Waals surface area contributed by atoms with Gasteiger partial charge in [0.1, 0.15) is 0 Å². The maximum atomic E-state index is 13.1. The number of halogens is 1. The quantitative estimate of drug-likeness (QED) is 0.391. The second kappa shape index (κ2) is 7.28. The molecule has 0 bridgehead atoms. The Bertz CT molecular complexity index is 1430. The van der Waals surface area contributed by atoms with Gasteiger partial charge in [0.05, 0.1) is 28.1 Å². The summed E-state index contributed by atoms with van der Waals surface area (Å²) >= 11 is 3.33. The predicted molar refractivity (Wildman–Crippen MR) is 119 cm³/mol. The Kier molecular flexibility index (Phi) is 4.55. The molecule has 0 saturated heterocycles. The monoisotopic (exact) mass is 474 g/mol. The van der Waals surface area contributed by atoms with Crippen LogP contribution in [0.25, 0.3) is 22.4 Å². The third kappa shape index (κ3) is 3.18. The predicted octanol–water partition coefficient (Wildman–Crippen LogP) is 4.97. The van der Waals surface area contributed by atoms with E-state index in [1.807, 2.05) is 37.3 Å². The van der Waals surface area contributed by atoms with Gasteiger partial charge in [-0.3, -0.25) is 14.5 Å². The average Bonchev–Trinajstić information content (AvgIpc) is 3.03. The van der Waals surface area contributed by atoms with Crippen molar-refractivity contribution in [3.8, 4) is 11.5 Å². The van der Waals surface area contributed by atoms with Crippen LogP contribution in [-0.4, -0.2) is 21.7 Å². The van der Waals surface area contributed by atoms with Crippen LogP contribution in [0.4, 0.5) is 0 Å². The number of hydrogen-bond donors (Lipinski definition) is 0. The van der Waals surface area contributed by atoms with Crippen LogP contribution in [0, 0.1) is 0 Å². The van der Waals surface area contributed by atoms with Crippen molar-refractivity contribution < 1.29 is 14.0 Å². The van der Waals surface area contributed by atoms with Gasteiger partial charge in [-0.05, 0) is 48.9 Å². The standard InChI is InChI=1S/C24H15BrN2O4/c1-13(14-5-3-2-4-6-14)27-22(28)17-9-7-15(11-18(17)23(27)29)21-26-20-10-8-16(25)12-19(20)24(30)31-21/h2-13H,1H3. The van der Waals surface area contributed by atoms with Crippen LogP contribution in [0.15, 0.2) is 80.4 Å². The van der Waals surface area contributed by atoms with Crippen molar-refractivity contribution >= 4 is 38.6 Å². The van der Waals surface area contributed by atoms with Crippen molar-refractivity contribution in [3.63, 3.8) is 0 Å². The van der Waals surface area contributed by atoms with E-state index in [-0.39, 0.29) is 23.3 Å². The zero-order chi connectivity index (χ0) is 21.7. The van der Waals surface area contributed by atoms with Crippen molar-refractivity contribution in [1.82, 2.24) is 9.88 Å². The third-order valence-electron chi connectivity index (χ3n) is 5.42. The lowest BCUT2D eigenvalue weighted by molar-refractivity contribution is 0.0595. The first-order chi connectivity index (χ1) is 14.9. The molecule has 1 unspecified atom stereocenters. The summed E-state index contributed by atoms with van der Waals surface area (Å²) in [6.07, 6.45) is 0. The van der Waals surface area contributed by atoms with Gasteiger partial charge in [-0.1, -0.05) is 46.3 Å². The van der Waals surface area contributed by atoms with Gasteiger partial charge in [0.25, 0.3) is 11.8 Å². The van der Waals surface area contributed by atoms with Crippen LogP contribution in [0.3, 0.4) is 0 Å². The first-order valence-electron chi connectivity index (χ1n) is 9.62. The lowest BCUT2D eigenvalue weighted by Gasteiger charge is -2.22. The fourth-order valence-electron chi connectivity index (χ4n) is 3.79. The molecule has 0 radical (unpaired) electrons. The van der Waals surface area contributed by atoms with Crippen molar-refractivity contribution in [1.29, 1.82) is 0 Å². The second-order valence-corrected chi connectivity index (χ2v) is 8.21. The van der Waals surface area contributed by atoms with E-state index < -0.39 is 11.7 Å². The van der Waals surface area contributed by atoms with Crippen molar-refractivity contribution in [2.24, 2.45) is 0 Å². The molecule has 1 aliphatic rings. The number of aromatic nitrogens is 1. The summed E-state index contributed by atoms with van der Waals surface area (Å²) < 4.78 is 6.15. The molecular weight excluding hydrogens is 460 g/mol. The molecule has 31 heavy (non-hydrogen) atoms. The molecule has 0 spiro atoms. The van der Waals surface area contributed by atoms with E-state index in [4.69, 9.17) is 4.42 Å². The van der Waals surface area contributed by atoms with Gasteiger partial charge in [-0.15, -0.1) is 0 Å². The molecule has 1 aliphatic heterocycles. The van der Waals surface area contributed by atoms with E-state index in [0.717, 1.165) is 10.0 Å². The molecule has 5 rings (SSSR count). The van der Waals surface area contributed by atoms with Gasteiger partial charge in [0, 0.05) is 10.0 Å². The topological polar surface area (TPSA) is 80.5 Å². The molecule has 7 heteroatoms. The van der Waals surface area contributed by atoms with E-state index >= 15 is 0 Å². The number of imide groups is 1. The smallest absolute Gasteiger partial charge is 0.347 e. The summed E-state index contributed by atoms with van der Waals surface area (Å²) in [4.78, 5) is 44.1. The van der Waals surface area contributed by atoms with Gasteiger partial charge in [-0.2, -0.15) is 0 Å². The van der Waals surface area contributed by atoms with Crippen molar-refractivity contribution in [2.75, 3.05) is 0 Å². The van der Waals surface area contributed by atoms with Crippen molar-refractivity contribution in [3.05, 3.63) is 98.3 Å². The van der Waals surface area contributed by atoms with E-state index in [0.29, 0.717) is 22.0 Å². The van der Waals surface area contributed by atoms with Crippen LogP contribution < -0.4 is 5.63 Å². The SMILES string of the molecule is CC(c1ccccc1)N1C(=O)c2ccc(-c3nc4ccc(Br)cc4c(=O)o3)cc2C1=O. The van der Waals surface area contributed by atoms with Crippen LogP contribution in [0.2, 0.25) is 0 Å². The lowest BCUT2D eigenvalue weighted by Crippen LogP contribution is -2.32. The Balaban J connectivity index is 1.56. The molecule has 152 valence electrons. The summed E-state index contributed by atoms with van der Waals surface area (Å²) in [5.74, 6) is -0.636. The van der Waals surface area contributed by atoms with Gasteiger partial charge >= 0.3 is 5.63 Å². The number of amides is 2. The summed E-state index contributed by atoms with van der Waals surface area (Å²) in [6, 6.07) is 18.9. The molecule has 0 N–H and O–H groups in total. The highest BCUT2D eigenvalue weighted by Gasteiger charge is 2.39. The first kappa shape index (κ1) is 19.4. The van der Waals surface area contributed by atoms with Gasteiger partial charge in [0.15, 0.2) is 0 Å². The number of hydrogen-bond acceptors (Lipinski definition) is 5. The molecule has 0 fully saturated rings. The van der Waals surface area contributed by atoms with Crippen LogP contribution in [-0.2, 0) is 0 Å². The van der Waals surface area contributed by atoms with Crippen LogP contribution in [0.5, 0.6) is 0 Å². The van der Waals surface area contributed by atoms with Crippen LogP contribution in [0.1, 0.15) is 39.2 Å². The fraction of sp³-hybridized carbons (Fsp3) is 0.0833. The second-order valence-electron chi connectivity index (χ2n) is 7.30. The first-order valence-corrected chi connectivity index (χ1v) is 10.4. The Labute approximate surface area is 185 Å². The fourth-order valence-corrected chi connectivity index (χ4v) is 4.15. The minimum absolute atomic E-state index is 0.0948. The Morgan fingerprint density at radius 1 is 0.903 bits per heavy atom. The van der Waals surface area contributed by atoms with E-state index in [2.05, 4.69) is 20.9 Å². The Morgan fingerprint density at radius 3 is 2.42 bits per heavy atom. The molecule has 4 aromatic rings. The number of carbonyl (C=O) groups excluding carboxylic acids is 2. The minimum Gasteiger partial charge on any atom is -0.403 e. The summed E-state index contributed by atoms with van der Waals surface area (Å²) in [6.45, 7) is 1.82. The molecule has 1 atom stereocenters. The van der Waals surface area contributed by atoms with Gasteiger partial charge in [0.2, 0.25) is 5.89 Å². The normalized spacial score (nSPS) is 14.2. The maximum Gasteiger partial charge on any atom is 0.347 e. The molecule has 2 amide bonds. The summed E-state index contributed by atoms with van der Waals surface area (Å²) in [7, 11) is 0. The maximum absolute atomic E-state index is 13.1. The molecule has 2 heterocycles.